The highest BCUT2D eigenvalue weighted by Crippen LogP contribution is 2.31. The zero-order chi connectivity index (χ0) is 25.8. The summed E-state index contributed by atoms with van der Waals surface area (Å²) < 4.78 is 34.3. The van der Waals surface area contributed by atoms with Crippen LogP contribution in [0.25, 0.3) is 0 Å². The number of fused-ring (bicyclic) bond motifs is 1. The number of hydrogen-bond donors (Lipinski definition) is 1. The molecule has 2 aliphatic rings. The van der Waals surface area contributed by atoms with Gasteiger partial charge < -0.3 is 14.5 Å². The highest BCUT2D eigenvalue weighted by atomic mass is 32.2. The van der Waals surface area contributed by atoms with Crippen molar-refractivity contribution in [1.82, 2.24) is 9.62 Å². The Bertz CT molecular complexity index is 1050. The van der Waals surface area contributed by atoms with E-state index in [9.17, 15) is 22.8 Å². The molecular weight excluding hydrogens is 470 g/mol. The number of piperidine rings is 1. The number of esters is 1. The molecule has 0 unspecified atom stereocenters. The van der Waals surface area contributed by atoms with Gasteiger partial charge in [-0.15, -0.1) is 0 Å². The monoisotopic (exact) mass is 507 g/mol. The van der Waals surface area contributed by atoms with E-state index in [2.05, 4.69) is 4.72 Å². The van der Waals surface area contributed by atoms with Crippen molar-refractivity contribution in [2.45, 2.75) is 70.7 Å². The topological polar surface area (TPSA) is 113 Å². The van der Waals surface area contributed by atoms with Gasteiger partial charge in [0, 0.05) is 31.7 Å². The third kappa shape index (κ3) is 6.41. The number of ether oxygens (including phenoxy) is 1. The largest absolute Gasteiger partial charge is 0.466 e. The zero-order valence-electron chi connectivity index (χ0n) is 21.1. The minimum Gasteiger partial charge on any atom is -0.466 e. The summed E-state index contributed by atoms with van der Waals surface area (Å²) in [6.45, 7) is 9.08. The molecule has 10 heteroatoms. The van der Waals surface area contributed by atoms with Crippen molar-refractivity contribution in [2.24, 2.45) is 11.8 Å². The number of nitrogens with one attached hydrogen (secondary N) is 1. The van der Waals surface area contributed by atoms with Crippen LogP contribution in [0.2, 0.25) is 0 Å². The molecule has 35 heavy (non-hydrogen) atoms. The molecule has 0 aliphatic carbocycles. The molecule has 1 atom stereocenters. The second-order valence-electron chi connectivity index (χ2n) is 9.59. The normalized spacial score (nSPS) is 17.4. The number of sulfonamides is 1. The fraction of sp³-hybridized carbons (Fsp3) is 0.640. The van der Waals surface area contributed by atoms with Crippen molar-refractivity contribution >= 4 is 33.5 Å². The standard InChI is InChI=1S/C25H37N3O6S/c1-5-23(29)28-14-11-19-16-20(7-8-22(19)28)35(32,33)26-21(15-17(3)4)24(30)27-12-9-18(10-13-27)25(31)34-6-2/h7-8,16-18,21,26H,5-6,9-15H2,1-4H3/t21-/m1/s1. The van der Waals surface area contributed by atoms with E-state index in [0.29, 0.717) is 58.3 Å². The summed E-state index contributed by atoms with van der Waals surface area (Å²) in [6, 6.07) is 3.86. The van der Waals surface area contributed by atoms with Crippen LogP contribution in [-0.2, 0) is 35.6 Å². The lowest BCUT2D eigenvalue weighted by molar-refractivity contribution is -0.151. The molecule has 9 nitrogen and oxygen atoms in total. The first kappa shape index (κ1) is 27.1. The first-order chi connectivity index (χ1) is 16.6. The first-order valence-corrected chi connectivity index (χ1v) is 14.0. The maximum atomic E-state index is 13.3. The lowest BCUT2D eigenvalue weighted by atomic mass is 9.95. The smallest absolute Gasteiger partial charge is 0.309 e. The van der Waals surface area contributed by atoms with Gasteiger partial charge in [-0.1, -0.05) is 20.8 Å². The molecule has 2 amide bonds. The number of rotatable bonds is 9. The molecule has 0 radical (unpaired) electrons. The Labute approximate surface area is 208 Å². The van der Waals surface area contributed by atoms with Crippen LogP contribution >= 0.6 is 0 Å². The third-order valence-electron chi connectivity index (χ3n) is 6.59. The molecule has 1 saturated heterocycles. The minimum atomic E-state index is -3.96. The average molecular weight is 508 g/mol. The van der Waals surface area contributed by atoms with Crippen molar-refractivity contribution in [2.75, 3.05) is 31.1 Å². The van der Waals surface area contributed by atoms with E-state index in [1.54, 1.807) is 35.8 Å². The summed E-state index contributed by atoms with van der Waals surface area (Å²) in [5.41, 5.74) is 1.55. The van der Waals surface area contributed by atoms with Crippen molar-refractivity contribution in [1.29, 1.82) is 0 Å². The predicted molar refractivity (Wildman–Crippen MR) is 132 cm³/mol. The van der Waals surface area contributed by atoms with Gasteiger partial charge in [0.2, 0.25) is 21.8 Å². The van der Waals surface area contributed by atoms with E-state index in [0.717, 1.165) is 11.3 Å². The number of nitrogens with zero attached hydrogens (tertiary/aromatic N) is 2. The van der Waals surface area contributed by atoms with Gasteiger partial charge in [0.15, 0.2) is 0 Å². The average Bonchev–Trinajstić information content (AvgIpc) is 3.26. The Morgan fingerprint density at radius 1 is 1.11 bits per heavy atom. The molecule has 1 fully saturated rings. The molecule has 1 aromatic carbocycles. The number of hydrogen-bond acceptors (Lipinski definition) is 6. The molecule has 0 saturated carbocycles. The summed E-state index contributed by atoms with van der Waals surface area (Å²) in [5, 5.41) is 0. The van der Waals surface area contributed by atoms with E-state index >= 15 is 0 Å². The lowest BCUT2D eigenvalue weighted by Gasteiger charge is -2.34. The number of anilines is 1. The summed E-state index contributed by atoms with van der Waals surface area (Å²) in [6.07, 6.45) is 2.35. The molecule has 0 bridgehead atoms. The number of carbonyl (C=O) groups is 3. The van der Waals surface area contributed by atoms with Crippen LogP contribution in [0, 0.1) is 11.8 Å². The summed E-state index contributed by atoms with van der Waals surface area (Å²) in [7, 11) is -3.96. The van der Waals surface area contributed by atoms with Gasteiger partial charge in [0.05, 0.1) is 17.4 Å². The predicted octanol–water partition coefficient (Wildman–Crippen LogP) is 2.48. The minimum absolute atomic E-state index is 0.00630. The lowest BCUT2D eigenvalue weighted by Crippen LogP contribution is -2.51. The molecule has 3 rings (SSSR count). The zero-order valence-corrected chi connectivity index (χ0v) is 21.9. The second kappa shape index (κ2) is 11.5. The quantitative estimate of drug-likeness (QED) is 0.514. The maximum Gasteiger partial charge on any atom is 0.309 e. The van der Waals surface area contributed by atoms with Crippen LogP contribution in [0.3, 0.4) is 0 Å². The van der Waals surface area contributed by atoms with Gasteiger partial charge in [0.1, 0.15) is 6.04 Å². The highest BCUT2D eigenvalue weighted by Gasteiger charge is 2.34. The summed E-state index contributed by atoms with van der Waals surface area (Å²) >= 11 is 0. The van der Waals surface area contributed by atoms with Gasteiger partial charge in [-0.3, -0.25) is 14.4 Å². The van der Waals surface area contributed by atoms with Gasteiger partial charge in [-0.25, -0.2) is 8.42 Å². The molecule has 2 heterocycles. The van der Waals surface area contributed by atoms with Gasteiger partial charge in [-0.2, -0.15) is 4.72 Å². The Morgan fingerprint density at radius 2 is 1.80 bits per heavy atom. The number of benzene rings is 1. The molecule has 2 aliphatic heterocycles. The van der Waals surface area contributed by atoms with Crippen molar-refractivity contribution < 1.29 is 27.5 Å². The van der Waals surface area contributed by atoms with Crippen molar-refractivity contribution in [3.63, 3.8) is 0 Å². The van der Waals surface area contributed by atoms with E-state index in [1.165, 1.54) is 6.07 Å². The molecular formula is C25H37N3O6S. The molecule has 0 aromatic heterocycles. The fourth-order valence-electron chi connectivity index (χ4n) is 4.74. The Balaban J connectivity index is 1.73. The third-order valence-corrected chi connectivity index (χ3v) is 8.06. The second-order valence-corrected chi connectivity index (χ2v) is 11.3. The fourth-order valence-corrected chi connectivity index (χ4v) is 5.99. The summed E-state index contributed by atoms with van der Waals surface area (Å²) in [5.74, 6) is -0.644. The summed E-state index contributed by atoms with van der Waals surface area (Å²) in [4.78, 5) is 40.9. The number of carbonyl (C=O) groups excluding carboxylic acids is 3. The van der Waals surface area contributed by atoms with Crippen LogP contribution in [0.15, 0.2) is 23.1 Å². The maximum absolute atomic E-state index is 13.3. The Morgan fingerprint density at radius 3 is 2.40 bits per heavy atom. The van der Waals surface area contributed by atoms with Crippen LogP contribution in [0.1, 0.15) is 58.9 Å². The Kier molecular flexibility index (Phi) is 8.93. The highest BCUT2D eigenvalue weighted by molar-refractivity contribution is 7.89. The van der Waals surface area contributed by atoms with E-state index in [1.807, 2.05) is 13.8 Å². The molecule has 0 spiro atoms. The van der Waals surface area contributed by atoms with Crippen molar-refractivity contribution in [3.8, 4) is 0 Å². The van der Waals surface area contributed by atoms with Crippen LogP contribution in [0.4, 0.5) is 5.69 Å². The number of amides is 2. The first-order valence-electron chi connectivity index (χ1n) is 12.5. The van der Waals surface area contributed by atoms with Gasteiger partial charge in [0.25, 0.3) is 0 Å². The van der Waals surface area contributed by atoms with E-state index in [-0.39, 0.29) is 34.5 Å². The Hall–Kier alpha value is -2.46. The van der Waals surface area contributed by atoms with Gasteiger partial charge in [-0.05, 0) is 62.3 Å². The van der Waals surface area contributed by atoms with Crippen LogP contribution in [-0.4, -0.2) is 63.4 Å². The molecule has 1 aromatic rings. The van der Waals surface area contributed by atoms with E-state index < -0.39 is 16.1 Å². The molecule has 194 valence electrons. The molecule has 1 N–H and O–H groups in total. The van der Waals surface area contributed by atoms with Crippen LogP contribution < -0.4 is 9.62 Å². The van der Waals surface area contributed by atoms with Crippen LogP contribution in [0.5, 0.6) is 0 Å². The van der Waals surface area contributed by atoms with Gasteiger partial charge >= 0.3 is 5.97 Å². The number of likely N-dealkylation sites (tertiary alicyclic amines) is 1. The van der Waals surface area contributed by atoms with E-state index in [4.69, 9.17) is 4.74 Å². The van der Waals surface area contributed by atoms with Crippen molar-refractivity contribution in [3.05, 3.63) is 23.8 Å². The SMILES string of the molecule is CCOC(=O)C1CCN(C(=O)[C@@H](CC(C)C)NS(=O)(=O)c2ccc3c(c2)CCN3C(=O)CC)CC1.